The molecule has 0 saturated heterocycles. The fourth-order valence-corrected chi connectivity index (χ4v) is 3.71. The lowest BCUT2D eigenvalue weighted by molar-refractivity contribution is 0.102. The fourth-order valence-electron chi connectivity index (χ4n) is 3.45. The minimum absolute atomic E-state index is 0.0346. The summed E-state index contributed by atoms with van der Waals surface area (Å²) in [7, 11) is 1.65. The molecule has 0 aromatic carbocycles. The van der Waals surface area contributed by atoms with Crippen molar-refractivity contribution in [1.82, 2.24) is 15.0 Å². The van der Waals surface area contributed by atoms with E-state index in [4.69, 9.17) is 22.1 Å². The molecular weight excluding hydrogens is 390 g/mol. The van der Waals surface area contributed by atoms with E-state index in [0.29, 0.717) is 36.0 Å². The first kappa shape index (κ1) is 21.0. The van der Waals surface area contributed by atoms with Crippen molar-refractivity contribution in [3.05, 3.63) is 45.4 Å². The molecule has 0 atom stereocenters. The van der Waals surface area contributed by atoms with Gasteiger partial charge in [-0.2, -0.15) is 4.98 Å². The number of hydrogen-bond donors (Lipinski definition) is 1. The van der Waals surface area contributed by atoms with Crippen molar-refractivity contribution >= 4 is 29.2 Å². The van der Waals surface area contributed by atoms with Crippen LogP contribution < -0.4 is 15.4 Å². The zero-order valence-corrected chi connectivity index (χ0v) is 18.2. The van der Waals surface area contributed by atoms with Gasteiger partial charge in [0.25, 0.3) is 0 Å². The van der Waals surface area contributed by atoms with Gasteiger partial charge in [-0.05, 0) is 26.2 Å². The van der Waals surface area contributed by atoms with Gasteiger partial charge in [0.1, 0.15) is 22.3 Å². The van der Waals surface area contributed by atoms with E-state index < -0.39 is 0 Å². The lowest BCUT2D eigenvalue weighted by Crippen LogP contribution is -2.36. The van der Waals surface area contributed by atoms with Crippen LogP contribution in [0.1, 0.15) is 47.4 Å². The number of fused-ring (bicyclic) bond motifs is 1. The van der Waals surface area contributed by atoms with Crippen LogP contribution in [0.25, 0.3) is 0 Å². The molecule has 3 rings (SSSR count). The standard InChI is InChI=1S/C21H26ClN5O2/c1-11(2)6-7-14-9-27(10-15-13(4)18(29-5)12(3)8-24-15)20-16(17(14)28)19(22)25-21(23)26-20/h7-8,11H,6,9-10H2,1-5H3,(H2,23,25,26). The average Bonchev–Trinajstić information content (AvgIpc) is 2.64. The van der Waals surface area contributed by atoms with Crippen LogP contribution in [0.2, 0.25) is 5.15 Å². The normalized spacial score (nSPS) is 15.2. The molecule has 0 aliphatic carbocycles. The number of carbonyl (C=O) groups excluding carboxylic acids is 1. The van der Waals surface area contributed by atoms with Gasteiger partial charge in [-0.1, -0.05) is 31.5 Å². The number of pyridine rings is 1. The number of halogens is 1. The number of methoxy groups -OCH3 is 1. The number of rotatable bonds is 5. The van der Waals surface area contributed by atoms with Gasteiger partial charge in [-0.3, -0.25) is 9.78 Å². The molecule has 0 unspecified atom stereocenters. The van der Waals surface area contributed by atoms with E-state index in [-0.39, 0.29) is 16.9 Å². The summed E-state index contributed by atoms with van der Waals surface area (Å²) < 4.78 is 5.53. The molecule has 7 nitrogen and oxygen atoms in total. The van der Waals surface area contributed by atoms with E-state index in [1.165, 1.54) is 0 Å². The summed E-state index contributed by atoms with van der Waals surface area (Å²) in [6.07, 6.45) is 4.56. The molecule has 3 heterocycles. The number of nitrogens with two attached hydrogens (primary N) is 1. The number of aromatic nitrogens is 3. The smallest absolute Gasteiger partial charge is 0.223 e. The van der Waals surface area contributed by atoms with Crippen LogP contribution in [-0.2, 0) is 6.54 Å². The number of ketones is 1. The molecule has 0 spiro atoms. The summed E-state index contributed by atoms with van der Waals surface area (Å²) in [5.41, 5.74) is 9.54. The van der Waals surface area contributed by atoms with E-state index in [1.54, 1.807) is 13.3 Å². The highest BCUT2D eigenvalue weighted by Gasteiger charge is 2.32. The predicted molar refractivity (Wildman–Crippen MR) is 115 cm³/mol. The second-order valence-corrected chi connectivity index (χ2v) is 8.02. The highest BCUT2D eigenvalue weighted by atomic mass is 35.5. The van der Waals surface area contributed by atoms with Gasteiger partial charge in [0, 0.05) is 29.4 Å². The number of aryl methyl sites for hydroxylation is 1. The van der Waals surface area contributed by atoms with Gasteiger partial charge in [-0.15, -0.1) is 0 Å². The van der Waals surface area contributed by atoms with Crippen molar-refractivity contribution in [2.45, 2.75) is 40.7 Å². The van der Waals surface area contributed by atoms with Gasteiger partial charge in [0.15, 0.2) is 5.78 Å². The Balaban J connectivity index is 2.07. The predicted octanol–water partition coefficient (Wildman–Crippen LogP) is 3.91. The van der Waals surface area contributed by atoms with Crippen LogP contribution >= 0.6 is 11.6 Å². The number of ether oxygens (including phenoxy) is 1. The molecule has 2 N–H and O–H groups in total. The Morgan fingerprint density at radius 3 is 2.72 bits per heavy atom. The second-order valence-electron chi connectivity index (χ2n) is 7.66. The first-order valence-electron chi connectivity index (χ1n) is 9.53. The monoisotopic (exact) mass is 415 g/mol. The first-order valence-corrected chi connectivity index (χ1v) is 9.91. The molecule has 2 aromatic rings. The lowest BCUT2D eigenvalue weighted by atomic mass is 9.96. The Hall–Kier alpha value is -2.67. The number of hydrogen-bond acceptors (Lipinski definition) is 7. The summed E-state index contributed by atoms with van der Waals surface area (Å²) in [6.45, 7) is 8.99. The number of carbonyl (C=O) groups is 1. The maximum Gasteiger partial charge on any atom is 0.223 e. The summed E-state index contributed by atoms with van der Waals surface area (Å²) in [4.78, 5) is 27.9. The molecule has 0 saturated carbocycles. The van der Waals surface area contributed by atoms with E-state index in [0.717, 1.165) is 29.0 Å². The molecule has 0 bridgehead atoms. The Morgan fingerprint density at radius 2 is 2.07 bits per heavy atom. The molecule has 29 heavy (non-hydrogen) atoms. The average molecular weight is 416 g/mol. The molecule has 1 aliphatic rings. The molecule has 0 amide bonds. The Morgan fingerprint density at radius 1 is 1.34 bits per heavy atom. The SMILES string of the molecule is COc1c(C)cnc(CN2CC(=CCC(C)C)C(=O)c3c(Cl)nc(N)nc32)c1C. The summed E-state index contributed by atoms with van der Waals surface area (Å²) in [5.74, 6) is 1.57. The number of nitrogens with zero attached hydrogens (tertiary/aromatic N) is 4. The molecule has 8 heteroatoms. The van der Waals surface area contributed by atoms with Gasteiger partial charge >= 0.3 is 0 Å². The molecule has 0 fully saturated rings. The maximum atomic E-state index is 13.0. The quantitative estimate of drug-likeness (QED) is 0.584. The number of nitrogen functional groups attached to an aromatic ring is 1. The lowest BCUT2D eigenvalue weighted by Gasteiger charge is -2.31. The van der Waals surface area contributed by atoms with Crippen LogP contribution in [0.4, 0.5) is 11.8 Å². The fraction of sp³-hybridized carbons (Fsp3) is 0.429. The van der Waals surface area contributed by atoms with Crippen molar-refractivity contribution in [2.75, 3.05) is 24.3 Å². The van der Waals surface area contributed by atoms with Crippen LogP contribution in [0.3, 0.4) is 0 Å². The van der Waals surface area contributed by atoms with Crippen molar-refractivity contribution in [1.29, 1.82) is 0 Å². The first-order chi connectivity index (χ1) is 13.7. The van der Waals surface area contributed by atoms with Crippen molar-refractivity contribution < 1.29 is 9.53 Å². The van der Waals surface area contributed by atoms with Crippen molar-refractivity contribution in [3.63, 3.8) is 0 Å². The van der Waals surface area contributed by atoms with Gasteiger partial charge in [-0.25, -0.2) is 4.98 Å². The van der Waals surface area contributed by atoms with E-state index >= 15 is 0 Å². The van der Waals surface area contributed by atoms with Gasteiger partial charge in [0.05, 0.1) is 19.3 Å². The number of Topliss-reactive ketones (excluding diaryl/α,β-unsaturated/α-hetero) is 1. The minimum Gasteiger partial charge on any atom is -0.496 e. The van der Waals surface area contributed by atoms with Gasteiger partial charge in [0.2, 0.25) is 5.95 Å². The summed E-state index contributed by atoms with van der Waals surface area (Å²) in [6, 6.07) is 0. The van der Waals surface area contributed by atoms with Crippen molar-refractivity contribution in [2.24, 2.45) is 5.92 Å². The largest absolute Gasteiger partial charge is 0.496 e. The molecule has 1 aliphatic heterocycles. The second kappa shape index (κ2) is 8.37. The number of anilines is 2. The topological polar surface area (TPSA) is 94.2 Å². The van der Waals surface area contributed by atoms with Gasteiger partial charge < -0.3 is 15.4 Å². The highest BCUT2D eigenvalue weighted by molar-refractivity contribution is 6.35. The van der Waals surface area contributed by atoms with E-state index in [2.05, 4.69) is 28.8 Å². The molecule has 0 radical (unpaired) electrons. The van der Waals surface area contributed by atoms with Crippen LogP contribution in [0.15, 0.2) is 17.8 Å². The molecular formula is C21H26ClN5O2. The maximum absolute atomic E-state index is 13.0. The third-order valence-corrected chi connectivity index (χ3v) is 5.24. The zero-order valence-electron chi connectivity index (χ0n) is 17.4. The third kappa shape index (κ3) is 4.19. The summed E-state index contributed by atoms with van der Waals surface area (Å²) >= 11 is 6.30. The Kier molecular flexibility index (Phi) is 6.07. The Labute approximate surface area is 176 Å². The Bertz CT molecular complexity index is 988. The van der Waals surface area contributed by atoms with Crippen LogP contribution in [0.5, 0.6) is 5.75 Å². The minimum atomic E-state index is -0.145. The van der Waals surface area contributed by atoms with Crippen LogP contribution in [0, 0.1) is 19.8 Å². The zero-order chi connectivity index (χ0) is 21.3. The third-order valence-electron chi connectivity index (χ3n) is 4.97. The summed E-state index contributed by atoms with van der Waals surface area (Å²) in [5, 5.41) is 0.0730. The van der Waals surface area contributed by atoms with E-state index in [9.17, 15) is 4.79 Å². The number of allylic oxidation sites excluding steroid dienone is 1. The molecule has 2 aromatic heterocycles. The van der Waals surface area contributed by atoms with Crippen LogP contribution in [-0.4, -0.2) is 34.4 Å². The molecule has 154 valence electrons. The van der Waals surface area contributed by atoms with Crippen molar-refractivity contribution in [3.8, 4) is 5.75 Å². The highest BCUT2D eigenvalue weighted by Crippen LogP contribution is 2.35. The van der Waals surface area contributed by atoms with E-state index in [1.807, 2.05) is 24.8 Å².